The van der Waals surface area contributed by atoms with Crippen molar-refractivity contribution in [1.29, 1.82) is 0 Å². The third-order valence-corrected chi connectivity index (χ3v) is 11.0. The smallest absolute Gasteiger partial charge is 0.154 e. The van der Waals surface area contributed by atoms with Gasteiger partial charge in [0.25, 0.3) is 0 Å². The minimum absolute atomic E-state index is 0.0622. The van der Waals surface area contributed by atoms with Gasteiger partial charge in [-0.15, -0.1) is 0 Å². The highest BCUT2D eigenvalue weighted by Gasteiger charge is 2.57. The molecule has 3 fully saturated rings. The Labute approximate surface area is 176 Å². The van der Waals surface area contributed by atoms with Crippen molar-refractivity contribution in [3.8, 4) is 0 Å². The molecular weight excluding hydrogens is 391 g/mol. The first-order valence-corrected chi connectivity index (χ1v) is 13.6. The van der Waals surface area contributed by atoms with Crippen molar-refractivity contribution >= 4 is 9.84 Å². The minimum atomic E-state index is -3.38. The Kier molecular flexibility index (Phi) is 7.70. The molecule has 2 saturated carbocycles. The summed E-state index contributed by atoms with van der Waals surface area (Å²) in [6.45, 7) is 4.13. The van der Waals surface area contributed by atoms with Gasteiger partial charge in [0.1, 0.15) is 6.17 Å². The van der Waals surface area contributed by atoms with E-state index >= 15 is 0 Å². The van der Waals surface area contributed by atoms with Crippen LogP contribution in [0.4, 0.5) is 4.39 Å². The fraction of sp³-hybridized carbons (Fsp3) is 1.00. The van der Waals surface area contributed by atoms with Crippen molar-refractivity contribution < 1.29 is 22.7 Å². The molecule has 0 amide bonds. The number of aliphatic hydroxyl groups excluding tert-OH is 1. The molecule has 6 heteroatoms. The van der Waals surface area contributed by atoms with Crippen LogP contribution in [0.3, 0.4) is 0 Å². The third-order valence-electron chi connectivity index (χ3n) is 8.48. The molecule has 4 nitrogen and oxygen atoms in total. The van der Waals surface area contributed by atoms with Gasteiger partial charge in [0.2, 0.25) is 0 Å². The van der Waals surface area contributed by atoms with Crippen molar-refractivity contribution in [3.63, 3.8) is 0 Å². The summed E-state index contributed by atoms with van der Waals surface area (Å²) >= 11 is 0. The van der Waals surface area contributed by atoms with E-state index in [0.29, 0.717) is 19.3 Å². The summed E-state index contributed by atoms with van der Waals surface area (Å²) in [5.41, 5.74) is -0.608. The van der Waals surface area contributed by atoms with Crippen LogP contribution in [0.15, 0.2) is 0 Å². The van der Waals surface area contributed by atoms with Crippen LogP contribution < -0.4 is 0 Å². The average Bonchev–Trinajstić information content (AvgIpc) is 2.77. The Morgan fingerprint density at radius 1 is 1.14 bits per heavy atom. The third kappa shape index (κ3) is 4.69. The number of halogens is 1. The SMILES string of the molecule is CCCC[C@]1(CC)CS(=O)(=O)C2CCC(F)CC2[C@H](C2CCCC(OC)C2)C1O. The fourth-order valence-corrected chi connectivity index (χ4v) is 9.65. The summed E-state index contributed by atoms with van der Waals surface area (Å²) < 4.78 is 47.2. The maximum Gasteiger partial charge on any atom is 0.154 e. The highest BCUT2D eigenvalue weighted by Crippen LogP contribution is 2.53. The van der Waals surface area contributed by atoms with Gasteiger partial charge in [-0.2, -0.15) is 0 Å². The predicted octanol–water partition coefficient (Wildman–Crippen LogP) is 4.69. The first-order chi connectivity index (χ1) is 13.8. The van der Waals surface area contributed by atoms with E-state index in [1.54, 1.807) is 7.11 Å². The lowest BCUT2D eigenvalue weighted by molar-refractivity contribution is -0.0800. The molecule has 1 saturated heterocycles. The summed E-state index contributed by atoms with van der Waals surface area (Å²) in [5.74, 6) is -0.144. The lowest BCUT2D eigenvalue weighted by atomic mass is 9.60. The lowest BCUT2D eigenvalue weighted by Crippen LogP contribution is -2.49. The molecule has 170 valence electrons. The van der Waals surface area contributed by atoms with E-state index in [0.717, 1.165) is 44.9 Å². The first kappa shape index (κ1) is 23.5. The maximum absolute atomic E-state index is 14.5. The van der Waals surface area contributed by atoms with Crippen molar-refractivity contribution in [3.05, 3.63) is 0 Å². The van der Waals surface area contributed by atoms with Crippen LogP contribution in [0.1, 0.15) is 84.5 Å². The predicted molar refractivity (Wildman–Crippen MR) is 114 cm³/mol. The Balaban J connectivity index is 2.04. The van der Waals surface area contributed by atoms with Gasteiger partial charge in [0, 0.05) is 12.5 Å². The summed E-state index contributed by atoms with van der Waals surface area (Å²) in [4.78, 5) is 0. The van der Waals surface area contributed by atoms with Gasteiger partial charge in [-0.3, -0.25) is 0 Å². The Hall–Kier alpha value is -0.200. The van der Waals surface area contributed by atoms with Crippen LogP contribution in [0.25, 0.3) is 0 Å². The van der Waals surface area contributed by atoms with E-state index in [-0.39, 0.29) is 36.0 Å². The van der Waals surface area contributed by atoms with Crippen LogP contribution in [-0.2, 0) is 14.6 Å². The fourth-order valence-electron chi connectivity index (χ4n) is 6.80. The number of rotatable bonds is 6. The molecule has 8 atom stereocenters. The molecule has 1 N–H and O–H groups in total. The second kappa shape index (κ2) is 9.52. The molecule has 29 heavy (non-hydrogen) atoms. The molecule has 1 aliphatic heterocycles. The number of hydrogen-bond acceptors (Lipinski definition) is 4. The molecule has 0 radical (unpaired) electrons. The topological polar surface area (TPSA) is 63.6 Å². The van der Waals surface area contributed by atoms with Gasteiger partial charge >= 0.3 is 0 Å². The number of ether oxygens (including phenoxy) is 1. The van der Waals surface area contributed by atoms with Crippen LogP contribution in [-0.4, -0.2) is 50.0 Å². The molecule has 1 heterocycles. The van der Waals surface area contributed by atoms with E-state index in [4.69, 9.17) is 4.74 Å². The van der Waals surface area contributed by atoms with Gasteiger partial charge in [-0.25, -0.2) is 12.8 Å². The summed E-state index contributed by atoms with van der Waals surface area (Å²) in [6, 6.07) is 0. The molecule has 0 aromatic rings. The summed E-state index contributed by atoms with van der Waals surface area (Å²) in [5, 5.41) is 11.3. The quantitative estimate of drug-likeness (QED) is 0.661. The first-order valence-electron chi connectivity index (χ1n) is 11.8. The summed E-state index contributed by atoms with van der Waals surface area (Å²) in [7, 11) is -1.64. The van der Waals surface area contributed by atoms with Gasteiger partial charge < -0.3 is 9.84 Å². The van der Waals surface area contributed by atoms with E-state index in [1.165, 1.54) is 0 Å². The monoisotopic (exact) mass is 432 g/mol. The molecule has 0 aromatic carbocycles. The zero-order chi connectivity index (χ0) is 21.2. The number of unbranched alkanes of at least 4 members (excludes halogenated alkanes) is 1. The zero-order valence-corrected chi connectivity index (χ0v) is 19.3. The van der Waals surface area contributed by atoms with E-state index in [1.807, 2.05) is 6.92 Å². The van der Waals surface area contributed by atoms with Crippen LogP contribution >= 0.6 is 0 Å². The number of sulfone groups is 1. The second-order valence-corrected chi connectivity index (χ2v) is 12.3. The molecule has 0 aromatic heterocycles. The van der Waals surface area contributed by atoms with E-state index in [9.17, 15) is 17.9 Å². The summed E-state index contributed by atoms with van der Waals surface area (Å²) in [6.07, 6.45) is 6.72. The standard InChI is InChI=1S/C23H41FO4S/c1-4-6-12-23(5-2)15-29(26,27)20-11-10-17(24)14-19(20)21(22(23)25)16-8-7-9-18(13-16)28-3/h16-22,25H,4-15H2,1-3H3/t16?,17?,18?,19?,20?,21-,22?,23+/m0/s1. The normalized spacial score (nSPS) is 45.3. The van der Waals surface area contributed by atoms with Gasteiger partial charge in [-0.05, 0) is 69.1 Å². The number of alkyl halides is 1. The van der Waals surface area contributed by atoms with Gasteiger partial charge in [0.15, 0.2) is 9.84 Å². The lowest BCUT2D eigenvalue weighted by Gasteiger charge is -2.47. The highest BCUT2D eigenvalue weighted by atomic mass is 32.2. The van der Waals surface area contributed by atoms with E-state index in [2.05, 4.69) is 6.92 Å². The Morgan fingerprint density at radius 2 is 1.90 bits per heavy atom. The number of fused-ring (bicyclic) bond motifs is 1. The van der Waals surface area contributed by atoms with Crippen molar-refractivity contribution in [2.24, 2.45) is 23.2 Å². The molecule has 3 rings (SSSR count). The number of aliphatic hydroxyl groups is 1. The molecule has 3 aliphatic rings. The van der Waals surface area contributed by atoms with Crippen molar-refractivity contribution in [2.75, 3.05) is 12.9 Å². The van der Waals surface area contributed by atoms with E-state index < -0.39 is 32.8 Å². The van der Waals surface area contributed by atoms with Gasteiger partial charge in [-0.1, -0.05) is 33.1 Å². The second-order valence-electron chi connectivity index (χ2n) is 10.0. The van der Waals surface area contributed by atoms with Gasteiger partial charge in [0.05, 0.1) is 23.2 Å². The van der Waals surface area contributed by atoms with Crippen molar-refractivity contribution in [2.45, 2.75) is 108 Å². The van der Waals surface area contributed by atoms with Crippen molar-refractivity contribution in [1.82, 2.24) is 0 Å². The Morgan fingerprint density at radius 3 is 2.55 bits per heavy atom. The molecule has 6 unspecified atom stereocenters. The molecular formula is C23H41FO4S. The van der Waals surface area contributed by atoms with Crippen LogP contribution in [0.5, 0.6) is 0 Å². The highest BCUT2D eigenvalue weighted by molar-refractivity contribution is 7.92. The molecule has 0 spiro atoms. The maximum atomic E-state index is 14.5. The molecule has 0 bridgehead atoms. The average molecular weight is 433 g/mol. The zero-order valence-electron chi connectivity index (χ0n) is 18.5. The Bertz CT molecular complexity index is 639. The molecule has 2 aliphatic carbocycles. The number of hydrogen-bond donors (Lipinski definition) is 1. The number of methoxy groups -OCH3 is 1. The van der Waals surface area contributed by atoms with Crippen LogP contribution in [0, 0.1) is 23.2 Å². The largest absolute Gasteiger partial charge is 0.392 e. The van der Waals surface area contributed by atoms with Crippen LogP contribution in [0.2, 0.25) is 0 Å². The minimum Gasteiger partial charge on any atom is -0.392 e.